The molecule has 0 amide bonds. The second kappa shape index (κ2) is 6.77. The zero-order chi connectivity index (χ0) is 15.5. The first-order chi connectivity index (χ1) is 9.87. The van der Waals surface area contributed by atoms with Gasteiger partial charge in [-0.3, -0.25) is 0 Å². The maximum absolute atomic E-state index is 12.1. The average molecular weight is 311 g/mol. The van der Waals surface area contributed by atoms with Gasteiger partial charge in [0.05, 0.1) is 5.75 Å². The quantitative estimate of drug-likeness (QED) is 0.779. The van der Waals surface area contributed by atoms with Crippen LogP contribution in [0, 0.1) is 5.92 Å². The van der Waals surface area contributed by atoms with E-state index in [1.165, 1.54) is 0 Å². The lowest BCUT2D eigenvalue weighted by Gasteiger charge is -2.20. The number of hydrogen-bond donors (Lipinski definition) is 2. The molecule has 2 rings (SSSR count). The number of nitrogens with two attached hydrogens (primary N) is 1. The fourth-order valence-corrected chi connectivity index (χ4v) is 3.93. The van der Waals surface area contributed by atoms with E-state index in [4.69, 9.17) is 5.73 Å². The van der Waals surface area contributed by atoms with Crippen molar-refractivity contribution in [1.29, 1.82) is 0 Å². The Labute approximate surface area is 127 Å². The van der Waals surface area contributed by atoms with Gasteiger partial charge >= 0.3 is 0 Å². The molecule has 1 aliphatic rings. The highest BCUT2D eigenvalue weighted by atomic mass is 32.2. The highest BCUT2D eigenvalue weighted by Gasteiger charge is 2.25. The van der Waals surface area contributed by atoms with Gasteiger partial charge in [0.1, 0.15) is 0 Å². The van der Waals surface area contributed by atoms with Crippen molar-refractivity contribution in [1.82, 2.24) is 9.62 Å². The lowest BCUT2D eigenvalue weighted by atomic mass is 10.1. The summed E-state index contributed by atoms with van der Waals surface area (Å²) >= 11 is 0. The number of nitrogens with one attached hydrogen (secondary N) is 1. The molecule has 1 saturated heterocycles. The molecule has 0 spiro atoms. The summed E-state index contributed by atoms with van der Waals surface area (Å²) in [5, 5.41) is 0. The Bertz CT molecular complexity index is 572. The molecule has 0 aliphatic carbocycles. The number of sulfonamides is 1. The second-order valence-electron chi connectivity index (χ2n) is 6.05. The third-order valence-corrected chi connectivity index (χ3v) is 5.34. The van der Waals surface area contributed by atoms with Gasteiger partial charge in [-0.1, -0.05) is 18.2 Å². The number of rotatable bonds is 6. The predicted molar refractivity (Wildman–Crippen MR) is 86.3 cm³/mol. The van der Waals surface area contributed by atoms with E-state index in [1.807, 2.05) is 0 Å². The molecule has 1 aliphatic heterocycles. The molecule has 3 N–H and O–H groups in total. The third-order valence-electron chi connectivity index (χ3n) is 4.04. The van der Waals surface area contributed by atoms with Crippen LogP contribution in [0.5, 0.6) is 0 Å². The third kappa shape index (κ3) is 4.69. The fraction of sp³-hybridized carbons (Fsp3) is 0.600. The van der Waals surface area contributed by atoms with E-state index >= 15 is 0 Å². The van der Waals surface area contributed by atoms with E-state index in [0.29, 0.717) is 29.8 Å². The summed E-state index contributed by atoms with van der Waals surface area (Å²) < 4.78 is 27.0. The van der Waals surface area contributed by atoms with Crippen molar-refractivity contribution in [2.24, 2.45) is 5.92 Å². The van der Waals surface area contributed by atoms with E-state index in [2.05, 4.69) is 23.5 Å². The van der Waals surface area contributed by atoms with E-state index in [1.54, 1.807) is 24.3 Å². The summed E-state index contributed by atoms with van der Waals surface area (Å²) in [6, 6.07) is 7.61. The molecule has 1 aromatic carbocycles. The van der Waals surface area contributed by atoms with Crippen LogP contribution in [-0.2, 0) is 15.8 Å². The normalized spacial score (nSPS) is 20.2. The monoisotopic (exact) mass is 311 g/mol. The minimum Gasteiger partial charge on any atom is -0.398 e. The molecule has 118 valence electrons. The van der Waals surface area contributed by atoms with Gasteiger partial charge in [-0.25, -0.2) is 13.1 Å². The molecule has 0 saturated carbocycles. The highest BCUT2D eigenvalue weighted by Crippen LogP contribution is 2.18. The van der Waals surface area contributed by atoms with Crippen molar-refractivity contribution in [3.8, 4) is 0 Å². The van der Waals surface area contributed by atoms with Gasteiger partial charge in [0.15, 0.2) is 0 Å². The van der Waals surface area contributed by atoms with E-state index < -0.39 is 10.0 Å². The van der Waals surface area contributed by atoms with Crippen LogP contribution in [0.15, 0.2) is 24.3 Å². The molecule has 1 atom stereocenters. The van der Waals surface area contributed by atoms with Crippen molar-refractivity contribution in [2.75, 3.05) is 25.4 Å². The van der Waals surface area contributed by atoms with Gasteiger partial charge < -0.3 is 10.6 Å². The van der Waals surface area contributed by atoms with Crippen molar-refractivity contribution in [3.63, 3.8) is 0 Å². The maximum atomic E-state index is 12.1. The molecule has 0 radical (unpaired) electrons. The summed E-state index contributed by atoms with van der Waals surface area (Å²) in [7, 11) is -3.33. The molecular weight excluding hydrogens is 286 g/mol. The van der Waals surface area contributed by atoms with Crippen LogP contribution < -0.4 is 10.5 Å². The largest absolute Gasteiger partial charge is 0.398 e. The van der Waals surface area contributed by atoms with Crippen molar-refractivity contribution in [3.05, 3.63) is 29.8 Å². The summed E-state index contributed by atoms with van der Waals surface area (Å²) in [5.74, 6) is 0.343. The van der Waals surface area contributed by atoms with Crippen molar-refractivity contribution >= 4 is 15.7 Å². The van der Waals surface area contributed by atoms with E-state index in [9.17, 15) is 8.42 Å². The number of hydrogen-bond acceptors (Lipinski definition) is 4. The molecule has 6 heteroatoms. The number of anilines is 1. The summed E-state index contributed by atoms with van der Waals surface area (Å²) in [6.45, 7) is 6.87. The smallest absolute Gasteiger partial charge is 0.215 e. The second-order valence-corrected chi connectivity index (χ2v) is 7.86. The van der Waals surface area contributed by atoms with Crippen LogP contribution in [0.25, 0.3) is 0 Å². The van der Waals surface area contributed by atoms with Gasteiger partial charge in [0.2, 0.25) is 10.0 Å². The Kier molecular flexibility index (Phi) is 5.24. The number of benzene rings is 1. The van der Waals surface area contributed by atoms with Crippen LogP contribution in [0.1, 0.15) is 25.8 Å². The Morgan fingerprint density at radius 3 is 2.71 bits per heavy atom. The van der Waals surface area contributed by atoms with Crippen LogP contribution in [0.4, 0.5) is 5.69 Å². The van der Waals surface area contributed by atoms with Gasteiger partial charge in [-0.2, -0.15) is 0 Å². The molecule has 1 heterocycles. The number of nitrogen functional groups attached to an aromatic ring is 1. The molecule has 21 heavy (non-hydrogen) atoms. The summed E-state index contributed by atoms with van der Waals surface area (Å²) in [4.78, 5) is 2.38. The molecule has 1 aromatic rings. The van der Waals surface area contributed by atoms with Crippen LogP contribution >= 0.6 is 0 Å². The first-order valence-corrected chi connectivity index (χ1v) is 9.07. The average Bonchev–Trinajstić information content (AvgIpc) is 2.88. The molecule has 0 aromatic heterocycles. The van der Waals surface area contributed by atoms with Crippen LogP contribution in [0.3, 0.4) is 0 Å². The molecule has 0 bridgehead atoms. The predicted octanol–water partition coefficient (Wildman–Crippen LogP) is 1.42. The Balaban J connectivity index is 1.87. The lowest BCUT2D eigenvalue weighted by Crippen LogP contribution is -2.33. The molecule has 1 unspecified atom stereocenters. The van der Waals surface area contributed by atoms with E-state index in [-0.39, 0.29) is 5.75 Å². The van der Waals surface area contributed by atoms with Crippen molar-refractivity contribution in [2.45, 2.75) is 32.1 Å². The Morgan fingerprint density at radius 1 is 1.38 bits per heavy atom. The highest BCUT2D eigenvalue weighted by molar-refractivity contribution is 7.88. The molecular formula is C15H25N3O2S. The standard InChI is InChI=1S/C15H25N3O2S/c1-12(2)18-8-7-13(10-18)9-17-21(19,20)11-14-5-3-4-6-15(14)16/h3-6,12-13,17H,7-11,16H2,1-2H3. The zero-order valence-corrected chi connectivity index (χ0v) is 13.6. The van der Waals surface area contributed by atoms with Gasteiger partial charge in [-0.05, 0) is 44.4 Å². The SMILES string of the molecule is CC(C)N1CCC(CNS(=O)(=O)Cc2ccccc2N)C1. The minimum atomic E-state index is -3.33. The fourth-order valence-electron chi connectivity index (χ4n) is 2.66. The number of nitrogens with zero attached hydrogens (tertiary/aromatic N) is 1. The van der Waals surface area contributed by atoms with Gasteiger partial charge in [-0.15, -0.1) is 0 Å². The van der Waals surface area contributed by atoms with Crippen LogP contribution in [0.2, 0.25) is 0 Å². The molecule has 5 nitrogen and oxygen atoms in total. The zero-order valence-electron chi connectivity index (χ0n) is 12.7. The minimum absolute atomic E-state index is 0.0553. The number of para-hydroxylation sites is 1. The first-order valence-electron chi connectivity index (χ1n) is 7.42. The number of likely N-dealkylation sites (tertiary alicyclic amines) is 1. The Hall–Kier alpha value is -1.11. The van der Waals surface area contributed by atoms with Crippen molar-refractivity contribution < 1.29 is 8.42 Å². The summed E-state index contributed by atoms with van der Waals surface area (Å²) in [5.41, 5.74) is 6.97. The Morgan fingerprint density at radius 2 is 2.10 bits per heavy atom. The van der Waals surface area contributed by atoms with Gasteiger partial charge in [0.25, 0.3) is 0 Å². The van der Waals surface area contributed by atoms with E-state index in [0.717, 1.165) is 19.5 Å². The maximum Gasteiger partial charge on any atom is 0.215 e. The topological polar surface area (TPSA) is 75.4 Å². The summed E-state index contributed by atoms with van der Waals surface area (Å²) in [6.07, 6.45) is 1.05. The van der Waals surface area contributed by atoms with Crippen LogP contribution in [-0.4, -0.2) is 39.0 Å². The van der Waals surface area contributed by atoms with Gasteiger partial charge in [0, 0.05) is 24.8 Å². The molecule has 1 fully saturated rings. The first kappa shape index (κ1) is 16.3. The lowest BCUT2D eigenvalue weighted by molar-refractivity contribution is 0.265.